The van der Waals surface area contributed by atoms with Crippen molar-refractivity contribution >= 4 is 0 Å². The minimum atomic E-state index is -0.443. The Bertz CT molecular complexity index is 310. The van der Waals surface area contributed by atoms with Gasteiger partial charge in [0.25, 0.3) is 0 Å². The zero-order valence-corrected chi connectivity index (χ0v) is 7.29. The molecule has 0 amide bonds. The van der Waals surface area contributed by atoms with Crippen LogP contribution in [0.3, 0.4) is 0 Å². The van der Waals surface area contributed by atoms with Crippen molar-refractivity contribution in [2.24, 2.45) is 0 Å². The second kappa shape index (κ2) is 3.40. The van der Waals surface area contributed by atoms with Crippen LogP contribution in [-0.2, 0) is 9.47 Å². The molecule has 0 unspecified atom stereocenters. The molecule has 1 saturated heterocycles. The molecule has 0 aromatic carbocycles. The normalized spacial score (nSPS) is 18.0. The summed E-state index contributed by atoms with van der Waals surface area (Å²) in [7, 11) is 0. The molecule has 4 heteroatoms. The van der Waals surface area contributed by atoms with Gasteiger partial charge in [-0.25, -0.2) is 4.98 Å². The average Bonchev–Trinajstić information content (AvgIpc) is 2.62. The topological polar surface area (TPSA) is 31.4 Å². The first-order valence-corrected chi connectivity index (χ1v) is 4.12. The lowest BCUT2D eigenvalue weighted by Gasteiger charge is -2.08. The molecule has 1 fully saturated rings. The van der Waals surface area contributed by atoms with Crippen LogP contribution >= 0.6 is 0 Å². The number of ether oxygens (including phenoxy) is 2. The zero-order chi connectivity index (χ0) is 9.26. The van der Waals surface area contributed by atoms with E-state index in [9.17, 15) is 4.39 Å². The predicted octanol–water partition coefficient (Wildman–Crippen LogP) is 1.57. The second-order valence-electron chi connectivity index (χ2n) is 2.95. The van der Waals surface area contributed by atoms with Gasteiger partial charge in [-0.2, -0.15) is 4.39 Å². The summed E-state index contributed by atoms with van der Waals surface area (Å²) in [6.45, 7) is 2.84. The van der Waals surface area contributed by atoms with E-state index in [1.165, 1.54) is 6.20 Å². The van der Waals surface area contributed by atoms with E-state index >= 15 is 0 Å². The van der Waals surface area contributed by atoms with Crippen molar-refractivity contribution in [1.29, 1.82) is 0 Å². The van der Waals surface area contributed by atoms with Gasteiger partial charge in [0.15, 0.2) is 6.29 Å². The van der Waals surface area contributed by atoms with E-state index in [1.807, 2.05) is 0 Å². The summed E-state index contributed by atoms with van der Waals surface area (Å²) in [5, 5.41) is 0. The molecule has 1 aliphatic rings. The molecule has 2 rings (SSSR count). The average molecular weight is 183 g/mol. The van der Waals surface area contributed by atoms with Crippen LogP contribution in [0.15, 0.2) is 12.3 Å². The van der Waals surface area contributed by atoms with Crippen molar-refractivity contribution in [3.8, 4) is 0 Å². The highest BCUT2D eigenvalue weighted by Crippen LogP contribution is 2.23. The maximum absolute atomic E-state index is 12.8. The molecule has 70 valence electrons. The summed E-state index contributed by atoms with van der Waals surface area (Å²) in [5.41, 5.74) is 1.29. The molecular formula is C9H10FNO2. The summed E-state index contributed by atoms with van der Waals surface area (Å²) in [6, 6.07) is 1.69. The minimum absolute atomic E-state index is 0.369. The van der Waals surface area contributed by atoms with Crippen LogP contribution in [0.25, 0.3) is 0 Å². The smallest absolute Gasteiger partial charge is 0.215 e. The van der Waals surface area contributed by atoms with Crippen LogP contribution in [0.5, 0.6) is 0 Å². The Kier molecular flexibility index (Phi) is 2.24. The molecule has 0 bridgehead atoms. The Hall–Kier alpha value is -1.00. The Balaban J connectivity index is 2.25. The Morgan fingerprint density at radius 2 is 2.15 bits per heavy atom. The lowest BCUT2D eigenvalue weighted by Crippen LogP contribution is -2.00. The van der Waals surface area contributed by atoms with Gasteiger partial charge >= 0.3 is 0 Å². The Labute approximate surface area is 75.5 Å². The van der Waals surface area contributed by atoms with Gasteiger partial charge in [0, 0.05) is 17.3 Å². The fraction of sp³-hybridized carbons (Fsp3) is 0.444. The summed E-state index contributed by atoms with van der Waals surface area (Å²) >= 11 is 0. The Morgan fingerprint density at radius 3 is 2.77 bits per heavy atom. The lowest BCUT2D eigenvalue weighted by molar-refractivity contribution is -0.0444. The number of halogens is 1. The predicted molar refractivity (Wildman–Crippen MR) is 43.6 cm³/mol. The van der Waals surface area contributed by atoms with Crippen LogP contribution in [0, 0.1) is 12.9 Å². The van der Waals surface area contributed by atoms with E-state index in [-0.39, 0.29) is 6.29 Å². The summed E-state index contributed by atoms with van der Waals surface area (Å²) in [5.74, 6) is -0.443. The molecule has 0 radical (unpaired) electrons. The fourth-order valence-corrected chi connectivity index (χ4v) is 1.26. The summed E-state index contributed by atoms with van der Waals surface area (Å²) in [6.07, 6.45) is 1.07. The van der Waals surface area contributed by atoms with Crippen LogP contribution in [0.4, 0.5) is 4.39 Å². The molecule has 13 heavy (non-hydrogen) atoms. The van der Waals surface area contributed by atoms with Gasteiger partial charge in [0.05, 0.1) is 13.2 Å². The first-order chi connectivity index (χ1) is 6.27. The highest BCUT2D eigenvalue weighted by molar-refractivity contribution is 5.19. The Morgan fingerprint density at radius 1 is 1.46 bits per heavy atom. The van der Waals surface area contributed by atoms with Crippen molar-refractivity contribution in [2.45, 2.75) is 13.2 Å². The van der Waals surface area contributed by atoms with E-state index in [0.717, 1.165) is 5.56 Å². The number of hydrogen-bond donors (Lipinski definition) is 0. The highest BCUT2D eigenvalue weighted by atomic mass is 19.1. The molecule has 1 aromatic heterocycles. The van der Waals surface area contributed by atoms with E-state index in [4.69, 9.17) is 9.47 Å². The van der Waals surface area contributed by atoms with E-state index in [1.54, 1.807) is 13.0 Å². The molecule has 0 saturated carbocycles. The van der Waals surface area contributed by atoms with Crippen LogP contribution < -0.4 is 0 Å². The van der Waals surface area contributed by atoms with Gasteiger partial charge in [-0.15, -0.1) is 0 Å². The SMILES string of the molecule is Cc1cc(C2OCCO2)cnc1F. The van der Waals surface area contributed by atoms with Gasteiger partial charge in [-0.1, -0.05) is 0 Å². The maximum atomic E-state index is 12.8. The van der Waals surface area contributed by atoms with Crippen LogP contribution in [0.2, 0.25) is 0 Å². The highest BCUT2D eigenvalue weighted by Gasteiger charge is 2.19. The largest absolute Gasteiger partial charge is 0.346 e. The molecular weight excluding hydrogens is 173 g/mol. The van der Waals surface area contributed by atoms with Crippen molar-refractivity contribution in [3.05, 3.63) is 29.3 Å². The number of aryl methyl sites for hydroxylation is 1. The minimum Gasteiger partial charge on any atom is -0.346 e. The van der Waals surface area contributed by atoms with Crippen LogP contribution in [-0.4, -0.2) is 18.2 Å². The van der Waals surface area contributed by atoms with Gasteiger partial charge in [0.2, 0.25) is 5.95 Å². The number of rotatable bonds is 1. The molecule has 0 aliphatic carbocycles. The van der Waals surface area contributed by atoms with E-state index < -0.39 is 5.95 Å². The van der Waals surface area contributed by atoms with Crippen molar-refractivity contribution in [1.82, 2.24) is 4.98 Å². The lowest BCUT2D eigenvalue weighted by atomic mass is 10.2. The molecule has 0 N–H and O–H groups in total. The number of pyridine rings is 1. The standard InChI is InChI=1S/C9H10FNO2/c1-6-4-7(5-11-8(6)10)9-12-2-3-13-9/h4-5,9H,2-3H2,1H3. The third-order valence-corrected chi connectivity index (χ3v) is 1.93. The zero-order valence-electron chi connectivity index (χ0n) is 7.29. The van der Waals surface area contributed by atoms with Gasteiger partial charge in [-0.3, -0.25) is 0 Å². The van der Waals surface area contributed by atoms with E-state index in [0.29, 0.717) is 18.8 Å². The van der Waals surface area contributed by atoms with Crippen molar-refractivity contribution in [3.63, 3.8) is 0 Å². The van der Waals surface area contributed by atoms with Crippen molar-refractivity contribution in [2.75, 3.05) is 13.2 Å². The van der Waals surface area contributed by atoms with Crippen molar-refractivity contribution < 1.29 is 13.9 Å². The number of hydrogen-bond acceptors (Lipinski definition) is 3. The van der Waals surface area contributed by atoms with Gasteiger partial charge in [-0.05, 0) is 13.0 Å². The quantitative estimate of drug-likeness (QED) is 0.619. The molecule has 2 heterocycles. The van der Waals surface area contributed by atoms with Gasteiger partial charge in [0.1, 0.15) is 0 Å². The molecule has 1 aromatic rings. The monoisotopic (exact) mass is 183 g/mol. The van der Waals surface area contributed by atoms with Gasteiger partial charge < -0.3 is 9.47 Å². The fourth-order valence-electron chi connectivity index (χ4n) is 1.26. The first-order valence-electron chi connectivity index (χ1n) is 4.12. The number of nitrogens with zero attached hydrogens (tertiary/aromatic N) is 1. The third-order valence-electron chi connectivity index (χ3n) is 1.93. The molecule has 0 spiro atoms. The first kappa shape index (κ1) is 8.59. The molecule has 0 atom stereocenters. The summed E-state index contributed by atoms with van der Waals surface area (Å²) in [4.78, 5) is 3.60. The maximum Gasteiger partial charge on any atom is 0.215 e. The van der Waals surface area contributed by atoms with E-state index in [2.05, 4.69) is 4.98 Å². The van der Waals surface area contributed by atoms with Crippen LogP contribution in [0.1, 0.15) is 17.4 Å². The summed E-state index contributed by atoms with van der Waals surface area (Å²) < 4.78 is 23.3. The molecule has 1 aliphatic heterocycles. The number of aromatic nitrogens is 1. The third kappa shape index (κ3) is 1.68. The second-order valence-corrected chi connectivity index (χ2v) is 2.95. The molecule has 3 nitrogen and oxygen atoms in total.